The molecule has 31 heavy (non-hydrogen) atoms. The fourth-order valence-electron chi connectivity index (χ4n) is 3.36. The van der Waals surface area contributed by atoms with Gasteiger partial charge in [-0.05, 0) is 42.8 Å². The first-order chi connectivity index (χ1) is 15.1. The molecular formula is C22H25FN6S2. The normalized spacial score (nSPS) is 13.7. The minimum atomic E-state index is -0.514. The minimum Gasteiger partial charge on any atom is -0.370 e. The summed E-state index contributed by atoms with van der Waals surface area (Å²) in [6.07, 6.45) is 3.11. The van der Waals surface area contributed by atoms with Crippen LogP contribution in [0.3, 0.4) is 0 Å². The van der Waals surface area contributed by atoms with Gasteiger partial charge in [0.05, 0.1) is 17.6 Å². The quantitative estimate of drug-likeness (QED) is 0.394. The van der Waals surface area contributed by atoms with Crippen molar-refractivity contribution in [3.05, 3.63) is 60.0 Å². The number of thioether (sulfide) groups is 1. The summed E-state index contributed by atoms with van der Waals surface area (Å²) in [5.41, 5.74) is 4.80. The SMILES string of the molecule is CSNc1ccccc1Nc1nc(Nc2ccc(N3CCSCC3)cc2C)ncc1F. The molecule has 162 valence electrons. The fourth-order valence-corrected chi connectivity index (χ4v) is 4.66. The Labute approximate surface area is 190 Å². The molecule has 1 fully saturated rings. The molecule has 1 aliphatic heterocycles. The average Bonchev–Trinajstić information content (AvgIpc) is 2.79. The molecule has 4 rings (SSSR count). The number of anilines is 6. The van der Waals surface area contributed by atoms with Gasteiger partial charge in [0.2, 0.25) is 5.95 Å². The lowest BCUT2D eigenvalue weighted by atomic mass is 10.1. The van der Waals surface area contributed by atoms with Crippen molar-refractivity contribution < 1.29 is 4.39 Å². The molecule has 0 saturated carbocycles. The second-order valence-corrected chi connectivity index (χ2v) is 8.93. The molecule has 1 saturated heterocycles. The van der Waals surface area contributed by atoms with E-state index in [1.165, 1.54) is 23.8 Å². The lowest BCUT2D eigenvalue weighted by Gasteiger charge is -2.29. The zero-order valence-corrected chi connectivity index (χ0v) is 19.1. The van der Waals surface area contributed by atoms with Crippen molar-refractivity contribution in [3.63, 3.8) is 0 Å². The first kappa shape index (κ1) is 21.6. The lowest BCUT2D eigenvalue weighted by molar-refractivity contribution is 0.619. The van der Waals surface area contributed by atoms with E-state index in [-0.39, 0.29) is 5.82 Å². The summed E-state index contributed by atoms with van der Waals surface area (Å²) >= 11 is 3.46. The van der Waals surface area contributed by atoms with Gasteiger partial charge in [0.1, 0.15) is 0 Å². The molecule has 0 spiro atoms. The molecule has 1 aromatic heterocycles. The van der Waals surface area contributed by atoms with Crippen LogP contribution in [0.1, 0.15) is 5.56 Å². The van der Waals surface area contributed by atoms with E-state index in [0.717, 1.165) is 47.2 Å². The summed E-state index contributed by atoms with van der Waals surface area (Å²) in [6.45, 7) is 4.19. The summed E-state index contributed by atoms with van der Waals surface area (Å²) < 4.78 is 17.6. The van der Waals surface area contributed by atoms with Gasteiger partial charge in [-0.1, -0.05) is 24.1 Å². The Kier molecular flexibility index (Phi) is 7.03. The van der Waals surface area contributed by atoms with Crippen LogP contribution >= 0.6 is 23.7 Å². The van der Waals surface area contributed by atoms with Gasteiger partial charge in [-0.15, -0.1) is 0 Å². The molecule has 1 aliphatic rings. The maximum Gasteiger partial charge on any atom is 0.229 e. The maximum absolute atomic E-state index is 14.4. The fraction of sp³-hybridized carbons (Fsp3) is 0.273. The number of rotatable bonds is 7. The Bertz CT molecular complexity index is 1040. The molecule has 0 unspecified atom stereocenters. The van der Waals surface area contributed by atoms with Crippen molar-refractivity contribution in [3.8, 4) is 0 Å². The number of nitrogens with one attached hydrogen (secondary N) is 3. The molecule has 6 nitrogen and oxygen atoms in total. The van der Waals surface area contributed by atoms with E-state index in [9.17, 15) is 4.39 Å². The smallest absolute Gasteiger partial charge is 0.229 e. The Morgan fingerprint density at radius 1 is 1.03 bits per heavy atom. The number of nitrogens with zero attached hydrogens (tertiary/aromatic N) is 3. The second-order valence-electron chi connectivity index (χ2n) is 7.09. The highest BCUT2D eigenvalue weighted by Crippen LogP contribution is 2.29. The van der Waals surface area contributed by atoms with E-state index in [0.29, 0.717) is 5.95 Å². The zero-order valence-electron chi connectivity index (χ0n) is 17.5. The molecule has 0 bridgehead atoms. The first-order valence-corrected chi connectivity index (χ1v) is 12.4. The van der Waals surface area contributed by atoms with Crippen molar-refractivity contribution >= 4 is 58.2 Å². The van der Waals surface area contributed by atoms with Crippen molar-refractivity contribution in [2.75, 3.05) is 51.1 Å². The van der Waals surface area contributed by atoms with Gasteiger partial charge in [0.25, 0.3) is 0 Å². The Morgan fingerprint density at radius 2 is 1.81 bits per heavy atom. The molecule has 0 aliphatic carbocycles. The van der Waals surface area contributed by atoms with Gasteiger partial charge in [-0.25, -0.2) is 9.37 Å². The summed E-state index contributed by atoms with van der Waals surface area (Å²) in [5, 5.41) is 6.29. The first-order valence-electron chi connectivity index (χ1n) is 10.0. The van der Waals surface area contributed by atoms with Gasteiger partial charge in [-0.2, -0.15) is 16.7 Å². The third-order valence-electron chi connectivity index (χ3n) is 4.97. The molecule has 3 N–H and O–H groups in total. The highest BCUT2D eigenvalue weighted by atomic mass is 32.2. The third kappa shape index (κ3) is 5.34. The number of para-hydroxylation sites is 2. The zero-order chi connectivity index (χ0) is 21.6. The van der Waals surface area contributed by atoms with Crippen molar-refractivity contribution in [1.29, 1.82) is 0 Å². The van der Waals surface area contributed by atoms with Gasteiger partial charge < -0.3 is 20.3 Å². The second kappa shape index (κ2) is 10.1. The monoisotopic (exact) mass is 456 g/mol. The predicted molar refractivity (Wildman–Crippen MR) is 133 cm³/mol. The number of benzene rings is 2. The topological polar surface area (TPSA) is 65.1 Å². The van der Waals surface area contributed by atoms with E-state index < -0.39 is 5.82 Å². The van der Waals surface area contributed by atoms with E-state index in [1.807, 2.05) is 48.3 Å². The van der Waals surface area contributed by atoms with Crippen LogP contribution in [0.25, 0.3) is 0 Å². The van der Waals surface area contributed by atoms with Crippen LogP contribution in [-0.2, 0) is 0 Å². The van der Waals surface area contributed by atoms with Crippen molar-refractivity contribution in [2.24, 2.45) is 0 Å². The van der Waals surface area contributed by atoms with Crippen LogP contribution in [0, 0.1) is 12.7 Å². The number of aryl methyl sites for hydroxylation is 1. The molecule has 0 amide bonds. The standard InChI is InChI=1S/C22H25FN6S2/c1-15-13-16(29-9-11-31-12-10-29)7-8-18(15)26-22-24-14-17(23)21(27-22)25-19-5-3-4-6-20(19)28-30-2/h3-8,13-14,28H,9-12H2,1-2H3,(H2,24,25,26,27). The van der Waals surface area contributed by atoms with E-state index in [1.54, 1.807) is 0 Å². The van der Waals surface area contributed by atoms with Gasteiger partial charge in [-0.3, -0.25) is 0 Å². The molecule has 0 radical (unpaired) electrons. The van der Waals surface area contributed by atoms with Crippen LogP contribution in [-0.4, -0.2) is 40.8 Å². The van der Waals surface area contributed by atoms with Crippen LogP contribution in [0.15, 0.2) is 48.7 Å². The number of halogens is 1. The van der Waals surface area contributed by atoms with Crippen molar-refractivity contribution in [2.45, 2.75) is 6.92 Å². The molecule has 9 heteroatoms. The van der Waals surface area contributed by atoms with E-state index in [4.69, 9.17) is 0 Å². The highest BCUT2D eigenvalue weighted by molar-refractivity contribution is 7.99. The lowest BCUT2D eigenvalue weighted by Crippen LogP contribution is -2.32. The van der Waals surface area contributed by atoms with Gasteiger partial charge in [0, 0.05) is 42.2 Å². The summed E-state index contributed by atoms with van der Waals surface area (Å²) in [5.74, 6) is 2.26. The Hall–Kier alpha value is -2.65. The molecule has 0 atom stereocenters. The number of aromatic nitrogens is 2. The molecule has 2 heterocycles. The minimum absolute atomic E-state index is 0.118. The summed E-state index contributed by atoms with van der Waals surface area (Å²) in [7, 11) is 0. The molecule has 2 aromatic carbocycles. The van der Waals surface area contributed by atoms with E-state index in [2.05, 4.69) is 49.3 Å². The van der Waals surface area contributed by atoms with Crippen molar-refractivity contribution in [1.82, 2.24) is 9.97 Å². The van der Waals surface area contributed by atoms with Gasteiger partial charge >= 0.3 is 0 Å². The Balaban J connectivity index is 1.52. The summed E-state index contributed by atoms with van der Waals surface area (Å²) in [6, 6.07) is 13.9. The predicted octanol–water partition coefficient (Wildman–Crippen LogP) is 5.65. The average molecular weight is 457 g/mol. The van der Waals surface area contributed by atoms with E-state index >= 15 is 0 Å². The Morgan fingerprint density at radius 3 is 2.55 bits per heavy atom. The molecular weight excluding hydrogens is 431 g/mol. The van der Waals surface area contributed by atoms with Crippen LogP contribution in [0.2, 0.25) is 0 Å². The van der Waals surface area contributed by atoms with Crippen LogP contribution in [0.4, 0.5) is 38.9 Å². The highest BCUT2D eigenvalue weighted by Gasteiger charge is 2.14. The summed E-state index contributed by atoms with van der Waals surface area (Å²) in [4.78, 5) is 10.9. The largest absolute Gasteiger partial charge is 0.370 e. The van der Waals surface area contributed by atoms with Gasteiger partial charge in [0.15, 0.2) is 11.6 Å². The van der Waals surface area contributed by atoms with Crippen LogP contribution < -0.4 is 20.3 Å². The number of hydrogen-bond acceptors (Lipinski definition) is 8. The number of hydrogen-bond donors (Lipinski definition) is 3. The van der Waals surface area contributed by atoms with Crippen LogP contribution in [0.5, 0.6) is 0 Å². The maximum atomic E-state index is 14.4. The molecule has 3 aromatic rings. The third-order valence-corrected chi connectivity index (χ3v) is 6.34.